The van der Waals surface area contributed by atoms with Crippen LogP contribution >= 0.6 is 0 Å². The van der Waals surface area contributed by atoms with E-state index in [1.165, 1.54) is 23.2 Å². The number of carbonyl (C=O) groups excluding carboxylic acids is 2. The zero-order valence-electron chi connectivity index (χ0n) is 19.4. The summed E-state index contributed by atoms with van der Waals surface area (Å²) in [6.07, 6.45) is 5.97. The molecule has 1 aliphatic rings. The molecule has 178 valence electrons. The highest BCUT2D eigenvalue weighted by Gasteiger charge is 2.29. The van der Waals surface area contributed by atoms with Crippen molar-refractivity contribution in [1.29, 1.82) is 0 Å². The van der Waals surface area contributed by atoms with Crippen LogP contribution in [0.3, 0.4) is 0 Å². The second-order valence-electron chi connectivity index (χ2n) is 8.38. The van der Waals surface area contributed by atoms with Crippen molar-refractivity contribution < 1.29 is 14.3 Å². The number of para-hydroxylation sites is 1. The number of benzene rings is 1. The van der Waals surface area contributed by atoms with E-state index in [2.05, 4.69) is 17.3 Å². The molecule has 3 rings (SSSR count). The third-order valence-electron chi connectivity index (χ3n) is 5.81. The highest BCUT2D eigenvalue weighted by molar-refractivity contribution is 5.92. The van der Waals surface area contributed by atoms with Gasteiger partial charge in [0.15, 0.2) is 0 Å². The SMILES string of the molecule is CCCCCCNC(=O)C1CCCN(C(=O)c2ccc(=O)n(CCOc3ccccc3)n2)C1. The maximum atomic E-state index is 13.0. The lowest BCUT2D eigenvalue weighted by atomic mass is 9.96. The number of nitrogens with zero attached hydrogens (tertiary/aromatic N) is 3. The zero-order valence-corrected chi connectivity index (χ0v) is 19.4. The van der Waals surface area contributed by atoms with Crippen LogP contribution in [0, 0.1) is 5.92 Å². The first-order valence-corrected chi connectivity index (χ1v) is 11.9. The molecule has 1 atom stereocenters. The lowest BCUT2D eigenvalue weighted by Crippen LogP contribution is -2.46. The average molecular weight is 455 g/mol. The first-order valence-electron chi connectivity index (χ1n) is 11.9. The molecule has 0 saturated carbocycles. The Morgan fingerprint density at radius 2 is 1.94 bits per heavy atom. The van der Waals surface area contributed by atoms with Crippen molar-refractivity contribution in [2.45, 2.75) is 52.0 Å². The van der Waals surface area contributed by atoms with E-state index in [0.717, 1.165) is 32.1 Å². The number of rotatable bonds is 11. The fourth-order valence-corrected chi connectivity index (χ4v) is 3.94. The highest BCUT2D eigenvalue weighted by atomic mass is 16.5. The van der Waals surface area contributed by atoms with Crippen LogP contribution in [0.25, 0.3) is 0 Å². The fourth-order valence-electron chi connectivity index (χ4n) is 3.94. The molecule has 1 aliphatic heterocycles. The van der Waals surface area contributed by atoms with Crippen molar-refractivity contribution in [3.8, 4) is 5.75 Å². The summed E-state index contributed by atoms with van der Waals surface area (Å²) in [5.74, 6) is 0.257. The lowest BCUT2D eigenvalue weighted by Gasteiger charge is -2.31. The summed E-state index contributed by atoms with van der Waals surface area (Å²) in [6, 6.07) is 12.1. The van der Waals surface area contributed by atoms with Gasteiger partial charge >= 0.3 is 0 Å². The van der Waals surface area contributed by atoms with E-state index in [-0.39, 0.29) is 42.1 Å². The van der Waals surface area contributed by atoms with E-state index < -0.39 is 0 Å². The van der Waals surface area contributed by atoms with Gasteiger partial charge in [-0.3, -0.25) is 14.4 Å². The average Bonchev–Trinajstić information content (AvgIpc) is 2.85. The van der Waals surface area contributed by atoms with Crippen molar-refractivity contribution in [3.05, 3.63) is 58.5 Å². The molecule has 2 heterocycles. The molecule has 1 aromatic heterocycles. The van der Waals surface area contributed by atoms with Gasteiger partial charge in [0.2, 0.25) is 5.91 Å². The molecule has 8 heteroatoms. The number of nitrogens with one attached hydrogen (secondary N) is 1. The quantitative estimate of drug-likeness (QED) is 0.527. The Kier molecular flexibility index (Phi) is 9.47. The molecular weight excluding hydrogens is 420 g/mol. The summed E-state index contributed by atoms with van der Waals surface area (Å²) < 4.78 is 6.89. The first kappa shape index (κ1) is 24.5. The molecule has 0 bridgehead atoms. The van der Waals surface area contributed by atoms with E-state index in [4.69, 9.17) is 4.74 Å². The monoisotopic (exact) mass is 454 g/mol. The molecule has 0 spiro atoms. The Morgan fingerprint density at radius 3 is 2.73 bits per heavy atom. The number of likely N-dealkylation sites (tertiary alicyclic amines) is 1. The van der Waals surface area contributed by atoms with Crippen LogP contribution in [0.2, 0.25) is 0 Å². The first-order chi connectivity index (χ1) is 16.1. The number of unbranched alkanes of at least 4 members (excludes halogenated alkanes) is 3. The van der Waals surface area contributed by atoms with Crippen molar-refractivity contribution in [3.63, 3.8) is 0 Å². The molecule has 1 saturated heterocycles. The van der Waals surface area contributed by atoms with Gasteiger partial charge in [0, 0.05) is 25.7 Å². The van der Waals surface area contributed by atoms with Crippen molar-refractivity contribution in [2.75, 3.05) is 26.2 Å². The summed E-state index contributed by atoms with van der Waals surface area (Å²) in [5.41, 5.74) is -0.0860. The molecule has 0 aliphatic carbocycles. The van der Waals surface area contributed by atoms with Crippen LogP contribution in [-0.2, 0) is 11.3 Å². The van der Waals surface area contributed by atoms with Gasteiger partial charge in [0.25, 0.3) is 11.5 Å². The second kappa shape index (κ2) is 12.8. The van der Waals surface area contributed by atoms with Crippen LogP contribution < -0.4 is 15.6 Å². The molecule has 1 fully saturated rings. The highest BCUT2D eigenvalue weighted by Crippen LogP contribution is 2.18. The molecule has 1 unspecified atom stereocenters. The molecule has 2 aromatic rings. The Labute approximate surface area is 194 Å². The Hall–Kier alpha value is -3.16. The van der Waals surface area contributed by atoms with Gasteiger partial charge in [-0.05, 0) is 37.5 Å². The third kappa shape index (κ3) is 7.44. The fraction of sp³-hybridized carbons (Fsp3) is 0.520. The normalized spacial score (nSPS) is 15.8. The van der Waals surface area contributed by atoms with E-state index in [1.54, 1.807) is 4.90 Å². The third-order valence-corrected chi connectivity index (χ3v) is 5.81. The number of carbonyl (C=O) groups is 2. The van der Waals surface area contributed by atoms with Crippen molar-refractivity contribution in [2.24, 2.45) is 5.92 Å². The summed E-state index contributed by atoms with van der Waals surface area (Å²) in [6.45, 7) is 4.29. The predicted octanol–water partition coefficient (Wildman–Crippen LogP) is 2.87. The van der Waals surface area contributed by atoms with Crippen LogP contribution in [0.1, 0.15) is 55.9 Å². The predicted molar refractivity (Wildman–Crippen MR) is 126 cm³/mol. The van der Waals surface area contributed by atoms with Crippen molar-refractivity contribution >= 4 is 11.8 Å². The minimum absolute atomic E-state index is 0.0139. The molecule has 1 aromatic carbocycles. The largest absolute Gasteiger partial charge is 0.492 e. The summed E-state index contributed by atoms with van der Waals surface area (Å²) in [7, 11) is 0. The molecule has 33 heavy (non-hydrogen) atoms. The number of ether oxygens (including phenoxy) is 1. The van der Waals surface area contributed by atoms with E-state index in [1.807, 2.05) is 30.3 Å². The van der Waals surface area contributed by atoms with Crippen molar-refractivity contribution in [1.82, 2.24) is 20.0 Å². The minimum atomic E-state index is -0.290. The minimum Gasteiger partial charge on any atom is -0.492 e. The topological polar surface area (TPSA) is 93.5 Å². The number of piperidine rings is 1. The molecule has 1 N–H and O–H groups in total. The Balaban J connectivity index is 1.54. The Morgan fingerprint density at radius 1 is 1.12 bits per heavy atom. The zero-order chi connectivity index (χ0) is 23.5. The molecule has 0 radical (unpaired) electrons. The van der Waals surface area contributed by atoms with Crippen LogP contribution in [0.5, 0.6) is 5.75 Å². The number of aromatic nitrogens is 2. The molecular formula is C25H34N4O4. The van der Waals surface area contributed by atoms with E-state index >= 15 is 0 Å². The lowest BCUT2D eigenvalue weighted by molar-refractivity contribution is -0.126. The maximum Gasteiger partial charge on any atom is 0.274 e. The second-order valence-corrected chi connectivity index (χ2v) is 8.38. The van der Waals surface area contributed by atoms with Gasteiger partial charge in [-0.15, -0.1) is 0 Å². The molecule has 2 amide bonds. The summed E-state index contributed by atoms with van der Waals surface area (Å²) >= 11 is 0. The van der Waals surface area contributed by atoms with Gasteiger partial charge in [-0.1, -0.05) is 44.4 Å². The number of amides is 2. The van der Waals surface area contributed by atoms with Gasteiger partial charge in [0.05, 0.1) is 12.5 Å². The van der Waals surface area contributed by atoms with E-state index in [0.29, 0.717) is 25.4 Å². The smallest absolute Gasteiger partial charge is 0.274 e. The van der Waals surface area contributed by atoms with Gasteiger partial charge < -0.3 is 15.0 Å². The van der Waals surface area contributed by atoms with Crippen LogP contribution in [0.15, 0.2) is 47.3 Å². The van der Waals surface area contributed by atoms with Gasteiger partial charge in [-0.2, -0.15) is 5.10 Å². The number of hydrogen-bond acceptors (Lipinski definition) is 5. The van der Waals surface area contributed by atoms with Crippen LogP contribution in [0.4, 0.5) is 0 Å². The number of hydrogen-bond donors (Lipinski definition) is 1. The molecule has 8 nitrogen and oxygen atoms in total. The summed E-state index contributed by atoms with van der Waals surface area (Å²) in [4.78, 5) is 39.4. The Bertz CT molecular complexity index is 960. The van der Waals surface area contributed by atoms with Gasteiger partial charge in [-0.25, -0.2) is 4.68 Å². The van der Waals surface area contributed by atoms with Gasteiger partial charge in [0.1, 0.15) is 18.1 Å². The maximum absolute atomic E-state index is 13.0. The van der Waals surface area contributed by atoms with E-state index in [9.17, 15) is 14.4 Å². The summed E-state index contributed by atoms with van der Waals surface area (Å²) in [5, 5.41) is 7.27. The van der Waals surface area contributed by atoms with Crippen LogP contribution in [-0.4, -0.2) is 52.7 Å². The standard InChI is InChI=1S/C25H34N4O4/c1-2-3-4-8-15-26-24(31)20-10-9-16-28(19-20)25(32)22-13-14-23(30)29(27-22)17-18-33-21-11-6-5-7-12-21/h5-7,11-14,20H,2-4,8-10,15-19H2,1H3,(H,26,31).